The lowest BCUT2D eigenvalue weighted by Gasteiger charge is -2.18. The van der Waals surface area contributed by atoms with Crippen molar-refractivity contribution in [3.63, 3.8) is 0 Å². The zero-order valence-electron chi connectivity index (χ0n) is 12.2. The average molecular weight is 276 g/mol. The third-order valence-electron chi connectivity index (χ3n) is 2.98. The fourth-order valence-electron chi connectivity index (χ4n) is 2.00. The molecule has 0 saturated carbocycles. The van der Waals surface area contributed by atoms with Gasteiger partial charge < -0.3 is 20.3 Å². The van der Waals surface area contributed by atoms with E-state index in [1.807, 2.05) is 13.8 Å². The molecule has 0 radical (unpaired) electrons. The number of hydrogen-bond acceptors (Lipinski definition) is 4. The summed E-state index contributed by atoms with van der Waals surface area (Å²) in [6, 6.07) is 1.18. The van der Waals surface area contributed by atoms with E-state index in [9.17, 15) is 0 Å². The first-order valence-corrected chi connectivity index (χ1v) is 9.19. The molecule has 0 aliphatic rings. The van der Waals surface area contributed by atoms with Gasteiger partial charge in [0.15, 0.2) is 0 Å². The SMILES string of the molecule is CCO[SiH](CC(N)CCCCCCCN)OCC. The second-order valence-corrected chi connectivity index (χ2v) is 6.68. The molecule has 0 fully saturated rings. The second-order valence-electron chi connectivity index (χ2n) is 4.68. The molecular formula is C13H32N2O2Si. The van der Waals surface area contributed by atoms with Crippen LogP contribution in [-0.2, 0) is 8.85 Å². The van der Waals surface area contributed by atoms with E-state index in [1.165, 1.54) is 25.7 Å². The van der Waals surface area contributed by atoms with Gasteiger partial charge in [0.05, 0.1) is 0 Å². The predicted molar refractivity (Wildman–Crippen MR) is 79.9 cm³/mol. The summed E-state index contributed by atoms with van der Waals surface area (Å²) in [6.07, 6.45) is 7.25. The van der Waals surface area contributed by atoms with E-state index in [0.717, 1.165) is 38.6 Å². The molecule has 1 unspecified atom stereocenters. The van der Waals surface area contributed by atoms with Crippen molar-refractivity contribution in [3.8, 4) is 0 Å². The molecule has 1 atom stereocenters. The Morgan fingerprint density at radius 1 is 0.944 bits per heavy atom. The van der Waals surface area contributed by atoms with Gasteiger partial charge in [0.25, 0.3) is 0 Å². The van der Waals surface area contributed by atoms with Crippen molar-refractivity contribution in [1.82, 2.24) is 0 Å². The van der Waals surface area contributed by atoms with Gasteiger partial charge in [0.1, 0.15) is 0 Å². The van der Waals surface area contributed by atoms with E-state index in [0.29, 0.717) is 0 Å². The third-order valence-corrected chi connectivity index (χ3v) is 5.38. The zero-order valence-corrected chi connectivity index (χ0v) is 13.4. The van der Waals surface area contributed by atoms with Gasteiger partial charge in [0.2, 0.25) is 0 Å². The first kappa shape index (κ1) is 18.1. The van der Waals surface area contributed by atoms with Crippen molar-refractivity contribution in [2.24, 2.45) is 11.5 Å². The minimum absolute atomic E-state index is 0.245. The van der Waals surface area contributed by atoms with Gasteiger partial charge >= 0.3 is 9.28 Å². The van der Waals surface area contributed by atoms with Gasteiger partial charge in [0, 0.05) is 25.3 Å². The molecule has 0 saturated heterocycles. The molecule has 0 aromatic rings. The summed E-state index contributed by atoms with van der Waals surface area (Å²) in [4.78, 5) is 0. The summed E-state index contributed by atoms with van der Waals surface area (Å²) < 4.78 is 11.3. The summed E-state index contributed by atoms with van der Waals surface area (Å²) in [7, 11) is -1.50. The molecule has 0 rings (SSSR count). The Hall–Kier alpha value is 0.0569. The minimum Gasteiger partial charge on any atom is -0.397 e. The van der Waals surface area contributed by atoms with E-state index in [2.05, 4.69) is 0 Å². The maximum absolute atomic E-state index is 6.13. The van der Waals surface area contributed by atoms with Crippen molar-refractivity contribution < 1.29 is 8.85 Å². The van der Waals surface area contributed by atoms with Crippen LogP contribution >= 0.6 is 0 Å². The highest BCUT2D eigenvalue weighted by molar-refractivity contribution is 6.44. The van der Waals surface area contributed by atoms with Crippen LogP contribution in [0.1, 0.15) is 52.4 Å². The van der Waals surface area contributed by atoms with Gasteiger partial charge in [-0.15, -0.1) is 0 Å². The number of unbranched alkanes of at least 4 members (excludes halogenated alkanes) is 4. The Kier molecular flexibility index (Phi) is 13.5. The van der Waals surface area contributed by atoms with Crippen molar-refractivity contribution in [3.05, 3.63) is 0 Å². The molecule has 110 valence electrons. The van der Waals surface area contributed by atoms with Crippen molar-refractivity contribution in [2.45, 2.75) is 64.5 Å². The van der Waals surface area contributed by atoms with Crippen molar-refractivity contribution in [1.29, 1.82) is 0 Å². The Labute approximate surface area is 114 Å². The monoisotopic (exact) mass is 276 g/mol. The Bertz CT molecular complexity index is 167. The predicted octanol–water partition coefficient (Wildman–Crippen LogP) is 1.91. The van der Waals surface area contributed by atoms with Gasteiger partial charge in [-0.1, -0.05) is 25.7 Å². The molecule has 0 aliphatic heterocycles. The largest absolute Gasteiger partial charge is 0.397 e. The maximum Gasteiger partial charge on any atom is 0.322 e. The Balaban J connectivity index is 3.51. The third kappa shape index (κ3) is 11.2. The molecule has 0 heterocycles. The minimum atomic E-state index is -1.50. The summed E-state index contributed by atoms with van der Waals surface area (Å²) in [5.74, 6) is 0. The van der Waals surface area contributed by atoms with E-state index < -0.39 is 9.28 Å². The van der Waals surface area contributed by atoms with E-state index in [4.69, 9.17) is 20.3 Å². The van der Waals surface area contributed by atoms with E-state index in [-0.39, 0.29) is 6.04 Å². The number of hydrogen-bond donors (Lipinski definition) is 2. The summed E-state index contributed by atoms with van der Waals surface area (Å²) in [6.45, 7) is 6.32. The smallest absolute Gasteiger partial charge is 0.322 e. The van der Waals surface area contributed by atoms with Crippen LogP contribution in [0, 0.1) is 0 Å². The molecule has 0 amide bonds. The molecule has 0 bridgehead atoms. The highest BCUT2D eigenvalue weighted by atomic mass is 28.3. The van der Waals surface area contributed by atoms with Gasteiger partial charge in [-0.3, -0.25) is 0 Å². The fourth-order valence-corrected chi connectivity index (χ4v) is 3.84. The van der Waals surface area contributed by atoms with Crippen LogP contribution in [-0.4, -0.2) is 35.1 Å². The molecule has 18 heavy (non-hydrogen) atoms. The number of rotatable bonds is 13. The van der Waals surface area contributed by atoms with Crippen LogP contribution in [0.15, 0.2) is 0 Å². The van der Waals surface area contributed by atoms with Crippen LogP contribution in [0.3, 0.4) is 0 Å². The lowest BCUT2D eigenvalue weighted by Crippen LogP contribution is -2.32. The Morgan fingerprint density at radius 2 is 1.50 bits per heavy atom. The number of nitrogens with two attached hydrogens (primary N) is 2. The lowest BCUT2D eigenvalue weighted by molar-refractivity contribution is 0.211. The van der Waals surface area contributed by atoms with Crippen molar-refractivity contribution >= 4 is 9.28 Å². The molecule has 0 spiro atoms. The first-order chi connectivity index (χ1) is 8.74. The molecule has 4 nitrogen and oxygen atoms in total. The maximum atomic E-state index is 6.13. The summed E-state index contributed by atoms with van der Waals surface area (Å²) in [5.41, 5.74) is 11.6. The lowest BCUT2D eigenvalue weighted by atomic mass is 10.1. The van der Waals surface area contributed by atoms with Gasteiger partial charge in [-0.25, -0.2) is 0 Å². The van der Waals surface area contributed by atoms with Crippen molar-refractivity contribution in [2.75, 3.05) is 19.8 Å². The highest BCUT2D eigenvalue weighted by Crippen LogP contribution is 2.10. The van der Waals surface area contributed by atoms with Gasteiger partial charge in [-0.2, -0.15) is 0 Å². The van der Waals surface area contributed by atoms with Crippen LogP contribution in [0.4, 0.5) is 0 Å². The summed E-state index contributed by atoms with van der Waals surface area (Å²) in [5, 5.41) is 0. The van der Waals surface area contributed by atoms with Crippen LogP contribution in [0.2, 0.25) is 6.04 Å². The second kappa shape index (κ2) is 13.5. The van der Waals surface area contributed by atoms with E-state index >= 15 is 0 Å². The molecule has 5 heteroatoms. The average Bonchev–Trinajstić information content (AvgIpc) is 2.34. The fraction of sp³-hybridized carbons (Fsp3) is 1.00. The summed E-state index contributed by atoms with van der Waals surface area (Å²) >= 11 is 0. The zero-order chi connectivity index (χ0) is 13.6. The standard InChI is InChI=1S/C13H32N2O2Si/c1-3-16-18(17-4-2)12-13(15)10-8-6-5-7-9-11-14/h13,18H,3-12,14-15H2,1-2H3. The first-order valence-electron chi connectivity index (χ1n) is 7.43. The van der Waals surface area contributed by atoms with Crippen LogP contribution in [0.25, 0.3) is 0 Å². The normalized spacial score (nSPS) is 13.2. The molecular weight excluding hydrogens is 244 g/mol. The molecule has 0 aromatic carbocycles. The highest BCUT2D eigenvalue weighted by Gasteiger charge is 2.16. The topological polar surface area (TPSA) is 70.5 Å². The Morgan fingerprint density at radius 3 is 2.06 bits per heavy atom. The quantitative estimate of drug-likeness (QED) is 0.398. The molecule has 4 N–H and O–H groups in total. The molecule has 0 aromatic heterocycles. The molecule has 0 aliphatic carbocycles. The van der Waals surface area contributed by atoms with E-state index in [1.54, 1.807) is 0 Å². The van der Waals surface area contributed by atoms with Gasteiger partial charge in [-0.05, 0) is 33.2 Å². The van der Waals surface area contributed by atoms with Crippen LogP contribution in [0.5, 0.6) is 0 Å². The van der Waals surface area contributed by atoms with Crippen LogP contribution < -0.4 is 11.5 Å².